The largest absolute Gasteiger partial charge is 0.493 e. The lowest BCUT2D eigenvalue weighted by atomic mass is 9.99. The van der Waals surface area contributed by atoms with Crippen LogP contribution in [-0.4, -0.2) is 59.1 Å². The van der Waals surface area contributed by atoms with Crippen LogP contribution in [0.1, 0.15) is 18.0 Å². The number of hydrogen-bond donors (Lipinski definition) is 1. The summed E-state index contributed by atoms with van der Waals surface area (Å²) in [5.74, 6) is 1.79. The number of benzene rings is 1. The number of methoxy groups -OCH3 is 3. The zero-order valence-corrected chi connectivity index (χ0v) is 13.5. The van der Waals surface area contributed by atoms with Gasteiger partial charge in [0.25, 0.3) is 0 Å². The fourth-order valence-corrected chi connectivity index (χ4v) is 3.02. The molecular formula is C16H25FN2O3. The lowest BCUT2D eigenvalue weighted by Gasteiger charge is -2.35. The van der Waals surface area contributed by atoms with Gasteiger partial charge < -0.3 is 19.5 Å². The van der Waals surface area contributed by atoms with Crippen molar-refractivity contribution in [3.8, 4) is 17.2 Å². The molecule has 1 aliphatic heterocycles. The molecule has 1 saturated heterocycles. The first-order valence-corrected chi connectivity index (χ1v) is 7.56. The SMILES string of the molecule is COc1ccc([C@@H](CCF)N2CCNCC2)c(OC)c1OC. The van der Waals surface area contributed by atoms with E-state index in [1.54, 1.807) is 21.3 Å². The average Bonchev–Trinajstić information content (AvgIpc) is 2.59. The molecule has 0 spiro atoms. The van der Waals surface area contributed by atoms with Crippen molar-refractivity contribution in [2.75, 3.05) is 54.2 Å². The highest BCUT2D eigenvalue weighted by Crippen LogP contribution is 2.44. The number of alkyl halides is 1. The molecule has 1 aromatic rings. The summed E-state index contributed by atoms with van der Waals surface area (Å²) >= 11 is 0. The molecule has 0 aliphatic carbocycles. The van der Waals surface area contributed by atoms with E-state index < -0.39 is 0 Å². The van der Waals surface area contributed by atoms with Crippen LogP contribution in [0.15, 0.2) is 12.1 Å². The second-order valence-corrected chi connectivity index (χ2v) is 5.20. The van der Waals surface area contributed by atoms with Crippen LogP contribution < -0.4 is 19.5 Å². The van der Waals surface area contributed by atoms with Gasteiger partial charge in [0, 0.05) is 37.8 Å². The molecule has 1 N–H and O–H groups in total. The zero-order valence-electron chi connectivity index (χ0n) is 13.5. The number of nitrogens with zero attached hydrogens (tertiary/aromatic N) is 1. The monoisotopic (exact) mass is 312 g/mol. The first-order chi connectivity index (χ1) is 10.8. The van der Waals surface area contributed by atoms with Crippen molar-refractivity contribution in [1.82, 2.24) is 10.2 Å². The van der Waals surface area contributed by atoms with E-state index >= 15 is 0 Å². The van der Waals surface area contributed by atoms with Crippen LogP contribution in [0.4, 0.5) is 4.39 Å². The van der Waals surface area contributed by atoms with Crippen LogP contribution in [0.25, 0.3) is 0 Å². The molecule has 1 atom stereocenters. The van der Waals surface area contributed by atoms with E-state index in [9.17, 15) is 4.39 Å². The molecule has 0 bridgehead atoms. The maximum Gasteiger partial charge on any atom is 0.203 e. The molecule has 5 nitrogen and oxygen atoms in total. The van der Waals surface area contributed by atoms with Crippen molar-refractivity contribution in [2.24, 2.45) is 0 Å². The molecule has 1 fully saturated rings. The fourth-order valence-electron chi connectivity index (χ4n) is 3.02. The van der Waals surface area contributed by atoms with Gasteiger partial charge in [-0.1, -0.05) is 0 Å². The van der Waals surface area contributed by atoms with Crippen molar-refractivity contribution in [3.63, 3.8) is 0 Å². The Labute approximate surface area is 131 Å². The summed E-state index contributed by atoms with van der Waals surface area (Å²) < 4.78 is 29.4. The third kappa shape index (κ3) is 3.44. The predicted octanol–water partition coefficient (Wildman–Crippen LogP) is 2.02. The van der Waals surface area contributed by atoms with Crippen molar-refractivity contribution in [3.05, 3.63) is 17.7 Å². The Balaban J connectivity index is 2.41. The van der Waals surface area contributed by atoms with E-state index in [4.69, 9.17) is 14.2 Å². The Morgan fingerprint density at radius 2 is 1.77 bits per heavy atom. The standard InChI is InChI=1S/C16H25FN2O3/c1-20-14-5-4-12(15(21-2)16(14)22-3)13(6-7-17)19-10-8-18-9-11-19/h4-5,13,18H,6-11H2,1-3H3/t13-/m1/s1. The van der Waals surface area contributed by atoms with Crippen LogP contribution in [0.2, 0.25) is 0 Å². The minimum atomic E-state index is -0.369. The molecule has 1 aliphatic rings. The molecule has 0 saturated carbocycles. The van der Waals surface area contributed by atoms with E-state index in [1.165, 1.54) is 0 Å². The van der Waals surface area contributed by atoms with Crippen molar-refractivity contribution in [1.29, 1.82) is 0 Å². The molecule has 124 valence electrons. The van der Waals surface area contributed by atoms with Gasteiger partial charge in [0.2, 0.25) is 5.75 Å². The third-order valence-corrected chi connectivity index (χ3v) is 4.07. The normalized spacial score (nSPS) is 17.1. The van der Waals surface area contributed by atoms with Gasteiger partial charge in [-0.15, -0.1) is 0 Å². The summed E-state index contributed by atoms with van der Waals surface area (Å²) in [6, 6.07) is 3.77. The third-order valence-electron chi connectivity index (χ3n) is 4.07. The van der Waals surface area contributed by atoms with Crippen molar-refractivity contribution >= 4 is 0 Å². The Kier molecular flexibility index (Phi) is 6.27. The quantitative estimate of drug-likeness (QED) is 0.834. The fraction of sp³-hybridized carbons (Fsp3) is 0.625. The van der Waals surface area contributed by atoms with E-state index in [1.807, 2.05) is 12.1 Å². The number of ether oxygens (including phenoxy) is 3. The highest BCUT2D eigenvalue weighted by atomic mass is 19.1. The summed E-state index contributed by atoms with van der Waals surface area (Å²) in [5.41, 5.74) is 0.944. The smallest absolute Gasteiger partial charge is 0.203 e. The Hall–Kier alpha value is -1.53. The van der Waals surface area contributed by atoms with E-state index in [-0.39, 0.29) is 12.7 Å². The van der Waals surface area contributed by atoms with Gasteiger partial charge in [0.05, 0.1) is 28.0 Å². The lowest BCUT2D eigenvalue weighted by Crippen LogP contribution is -2.45. The van der Waals surface area contributed by atoms with Crippen molar-refractivity contribution in [2.45, 2.75) is 12.5 Å². The second kappa shape index (κ2) is 8.19. The van der Waals surface area contributed by atoms with E-state index in [0.717, 1.165) is 31.7 Å². The number of rotatable bonds is 7. The molecule has 22 heavy (non-hydrogen) atoms. The molecule has 1 aromatic carbocycles. The van der Waals surface area contributed by atoms with Gasteiger partial charge in [0.1, 0.15) is 0 Å². The van der Waals surface area contributed by atoms with Crippen LogP contribution in [0.5, 0.6) is 17.2 Å². The number of halogens is 1. The first kappa shape index (κ1) is 16.8. The van der Waals surface area contributed by atoms with Gasteiger partial charge in [0.15, 0.2) is 11.5 Å². The topological polar surface area (TPSA) is 43.0 Å². The van der Waals surface area contributed by atoms with Gasteiger partial charge in [-0.25, -0.2) is 0 Å². The number of hydrogen-bond acceptors (Lipinski definition) is 5. The average molecular weight is 312 g/mol. The summed E-state index contributed by atoms with van der Waals surface area (Å²) in [5, 5.41) is 3.32. The van der Waals surface area contributed by atoms with Gasteiger partial charge in [-0.3, -0.25) is 9.29 Å². The highest BCUT2D eigenvalue weighted by Gasteiger charge is 2.27. The molecule has 6 heteroatoms. The van der Waals surface area contributed by atoms with Crippen molar-refractivity contribution < 1.29 is 18.6 Å². The molecule has 2 rings (SSSR count). The molecule has 0 unspecified atom stereocenters. The Morgan fingerprint density at radius 1 is 1.09 bits per heavy atom. The van der Waals surface area contributed by atoms with Gasteiger partial charge in [-0.2, -0.15) is 0 Å². The van der Waals surface area contributed by atoms with E-state index in [0.29, 0.717) is 23.7 Å². The van der Waals surface area contributed by atoms with Gasteiger partial charge in [-0.05, 0) is 18.6 Å². The van der Waals surface area contributed by atoms with Crippen LogP contribution in [-0.2, 0) is 0 Å². The predicted molar refractivity (Wildman–Crippen MR) is 83.9 cm³/mol. The second-order valence-electron chi connectivity index (χ2n) is 5.20. The molecular weight excluding hydrogens is 287 g/mol. The Bertz CT molecular complexity index is 479. The summed E-state index contributed by atoms with van der Waals surface area (Å²) in [7, 11) is 4.77. The number of piperazine rings is 1. The molecule has 0 aromatic heterocycles. The molecule has 0 amide bonds. The Morgan fingerprint density at radius 3 is 2.32 bits per heavy atom. The highest BCUT2D eigenvalue weighted by molar-refractivity contribution is 5.56. The van der Waals surface area contributed by atoms with Crippen LogP contribution in [0.3, 0.4) is 0 Å². The number of nitrogens with one attached hydrogen (secondary N) is 1. The van der Waals surface area contributed by atoms with E-state index in [2.05, 4.69) is 10.2 Å². The lowest BCUT2D eigenvalue weighted by molar-refractivity contribution is 0.154. The molecule has 1 heterocycles. The maximum absolute atomic E-state index is 13.1. The minimum absolute atomic E-state index is 0.0261. The minimum Gasteiger partial charge on any atom is -0.493 e. The first-order valence-electron chi connectivity index (χ1n) is 7.56. The summed E-state index contributed by atoms with van der Waals surface area (Å²) in [4.78, 5) is 2.29. The summed E-state index contributed by atoms with van der Waals surface area (Å²) in [6.45, 7) is 3.24. The zero-order chi connectivity index (χ0) is 15.9. The molecule has 0 radical (unpaired) electrons. The van der Waals surface area contributed by atoms with Crippen LogP contribution >= 0.6 is 0 Å². The van der Waals surface area contributed by atoms with Crippen LogP contribution in [0, 0.1) is 0 Å². The maximum atomic E-state index is 13.1. The summed E-state index contributed by atoms with van der Waals surface area (Å²) in [6.07, 6.45) is 0.436. The van der Waals surface area contributed by atoms with Gasteiger partial charge >= 0.3 is 0 Å².